The Hall–Kier alpha value is -2.07. The third kappa shape index (κ3) is 5.37. The van der Waals surface area contributed by atoms with Gasteiger partial charge in [0.25, 0.3) is 0 Å². The van der Waals surface area contributed by atoms with Crippen molar-refractivity contribution in [2.45, 2.75) is 26.4 Å². The molecule has 1 aromatic heterocycles. The average Bonchev–Trinajstić information content (AvgIpc) is 2.91. The Morgan fingerprint density at radius 2 is 1.91 bits per heavy atom. The van der Waals surface area contributed by atoms with E-state index in [0.717, 1.165) is 4.88 Å². The fraction of sp³-hybridized carbons (Fsp3) is 0.278. The van der Waals surface area contributed by atoms with E-state index in [1.807, 2.05) is 51.1 Å². The molecular weight excluding hydrogens is 294 g/mol. The molecule has 0 unspecified atom stereocenters. The van der Waals surface area contributed by atoms with Crippen LogP contribution in [0.2, 0.25) is 0 Å². The van der Waals surface area contributed by atoms with Crippen LogP contribution in [-0.4, -0.2) is 18.2 Å². The molecule has 22 heavy (non-hydrogen) atoms. The molecule has 0 atom stereocenters. The zero-order chi connectivity index (χ0) is 16.0. The Kier molecular flexibility index (Phi) is 5.39. The van der Waals surface area contributed by atoms with E-state index in [1.54, 1.807) is 11.3 Å². The van der Waals surface area contributed by atoms with Crippen LogP contribution < -0.4 is 5.32 Å². The van der Waals surface area contributed by atoms with E-state index in [0.29, 0.717) is 6.54 Å². The number of benzene rings is 1. The van der Waals surface area contributed by atoms with Crippen molar-refractivity contribution >= 4 is 23.5 Å². The molecule has 1 N–H and O–H groups in total. The van der Waals surface area contributed by atoms with Crippen LogP contribution in [0.4, 0.5) is 4.79 Å². The SMILES string of the molecule is CC(C)(C)OC(=O)NCC=Cc1ccc(-c2ccccc2)s1. The molecule has 0 bridgehead atoms. The van der Waals surface area contributed by atoms with Crippen LogP contribution in [0.25, 0.3) is 16.5 Å². The van der Waals surface area contributed by atoms with Crippen molar-refractivity contribution in [3.05, 3.63) is 53.4 Å². The van der Waals surface area contributed by atoms with Gasteiger partial charge in [-0.1, -0.05) is 36.4 Å². The van der Waals surface area contributed by atoms with Crippen LogP contribution in [0, 0.1) is 0 Å². The predicted octanol–water partition coefficient (Wildman–Crippen LogP) is 4.95. The molecule has 0 fully saturated rings. The van der Waals surface area contributed by atoms with Crippen LogP contribution in [-0.2, 0) is 4.74 Å². The fourth-order valence-electron chi connectivity index (χ4n) is 1.83. The number of ether oxygens (including phenoxy) is 1. The van der Waals surface area contributed by atoms with E-state index < -0.39 is 11.7 Å². The van der Waals surface area contributed by atoms with Gasteiger partial charge in [-0.25, -0.2) is 4.79 Å². The molecule has 0 saturated carbocycles. The summed E-state index contributed by atoms with van der Waals surface area (Å²) in [7, 11) is 0. The lowest BCUT2D eigenvalue weighted by Gasteiger charge is -2.19. The van der Waals surface area contributed by atoms with Gasteiger partial charge in [0, 0.05) is 16.3 Å². The molecule has 1 heterocycles. The normalized spacial score (nSPS) is 11.6. The second-order valence-corrected chi connectivity index (χ2v) is 6.97. The first-order valence-electron chi connectivity index (χ1n) is 7.23. The molecule has 4 heteroatoms. The minimum atomic E-state index is -0.466. The summed E-state index contributed by atoms with van der Waals surface area (Å²) in [6.07, 6.45) is 3.53. The van der Waals surface area contributed by atoms with E-state index >= 15 is 0 Å². The molecule has 0 saturated heterocycles. The van der Waals surface area contributed by atoms with Crippen LogP contribution in [0.15, 0.2) is 48.5 Å². The summed E-state index contributed by atoms with van der Waals surface area (Å²) in [5.74, 6) is 0. The minimum absolute atomic E-state index is 0.395. The lowest BCUT2D eigenvalue weighted by Crippen LogP contribution is -2.32. The van der Waals surface area contributed by atoms with Crippen molar-refractivity contribution in [1.82, 2.24) is 5.32 Å². The number of thiophene rings is 1. The summed E-state index contributed by atoms with van der Waals surface area (Å²) in [5, 5.41) is 2.70. The van der Waals surface area contributed by atoms with E-state index in [4.69, 9.17) is 4.74 Å². The summed E-state index contributed by atoms with van der Waals surface area (Å²) in [4.78, 5) is 13.9. The predicted molar refractivity (Wildman–Crippen MR) is 93.0 cm³/mol. The Bertz CT molecular complexity index is 639. The lowest BCUT2D eigenvalue weighted by molar-refractivity contribution is 0.0534. The Morgan fingerprint density at radius 1 is 1.18 bits per heavy atom. The van der Waals surface area contributed by atoms with Crippen LogP contribution in [0.5, 0.6) is 0 Å². The quantitative estimate of drug-likeness (QED) is 0.866. The van der Waals surface area contributed by atoms with Gasteiger partial charge in [-0.2, -0.15) is 0 Å². The number of alkyl carbamates (subject to hydrolysis) is 1. The maximum atomic E-state index is 11.5. The number of rotatable bonds is 4. The molecule has 2 aromatic rings. The maximum Gasteiger partial charge on any atom is 0.407 e. The minimum Gasteiger partial charge on any atom is -0.444 e. The van der Waals surface area contributed by atoms with Crippen molar-refractivity contribution in [2.75, 3.05) is 6.54 Å². The van der Waals surface area contributed by atoms with Crippen molar-refractivity contribution in [2.24, 2.45) is 0 Å². The van der Waals surface area contributed by atoms with Crippen LogP contribution in [0.3, 0.4) is 0 Å². The number of amides is 1. The molecule has 0 radical (unpaired) electrons. The van der Waals surface area contributed by atoms with Gasteiger partial charge in [0.15, 0.2) is 0 Å². The zero-order valence-corrected chi connectivity index (χ0v) is 13.9. The number of carbonyl (C=O) groups is 1. The lowest BCUT2D eigenvalue weighted by atomic mass is 10.2. The average molecular weight is 315 g/mol. The van der Waals surface area contributed by atoms with E-state index in [1.165, 1.54) is 10.4 Å². The van der Waals surface area contributed by atoms with Gasteiger partial charge in [0.05, 0.1) is 0 Å². The second kappa shape index (κ2) is 7.27. The van der Waals surface area contributed by atoms with E-state index in [-0.39, 0.29) is 0 Å². The summed E-state index contributed by atoms with van der Waals surface area (Å²) < 4.78 is 5.17. The van der Waals surface area contributed by atoms with Gasteiger partial charge >= 0.3 is 6.09 Å². The largest absolute Gasteiger partial charge is 0.444 e. The molecule has 1 aromatic carbocycles. The molecule has 0 aliphatic carbocycles. The summed E-state index contributed by atoms with van der Waals surface area (Å²) in [6, 6.07) is 14.5. The highest BCUT2D eigenvalue weighted by atomic mass is 32.1. The van der Waals surface area contributed by atoms with Gasteiger partial charge in [-0.3, -0.25) is 0 Å². The summed E-state index contributed by atoms with van der Waals surface area (Å²) in [6.45, 7) is 5.99. The van der Waals surface area contributed by atoms with E-state index in [2.05, 4.69) is 29.6 Å². The smallest absolute Gasteiger partial charge is 0.407 e. The Balaban J connectivity index is 1.84. The van der Waals surface area contributed by atoms with Crippen molar-refractivity contribution < 1.29 is 9.53 Å². The third-order valence-electron chi connectivity index (χ3n) is 2.73. The molecule has 0 aliphatic heterocycles. The van der Waals surface area contributed by atoms with Gasteiger partial charge < -0.3 is 10.1 Å². The molecule has 1 amide bonds. The fourth-order valence-corrected chi connectivity index (χ4v) is 2.78. The summed E-state index contributed by atoms with van der Waals surface area (Å²) in [5.41, 5.74) is 0.755. The first kappa shape index (κ1) is 16.3. The van der Waals surface area contributed by atoms with Crippen molar-refractivity contribution in [1.29, 1.82) is 0 Å². The summed E-state index contributed by atoms with van der Waals surface area (Å²) >= 11 is 1.72. The highest BCUT2D eigenvalue weighted by Crippen LogP contribution is 2.28. The van der Waals surface area contributed by atoms with Crippen molar-refractivity contribution in [3.63, 3.8) is 0 Å². The van der Waals surface area contributed by atoms with Gasteiger partial charge in [0.1, 0.15) is 5.60 Å². The molecule has 116 valence electrons. The number of hydrogen-bond donors (Lipinski definition) is 1. The number of carbonyl (C=O) groups excluding carboxylic acids is 1. The number of nitrogens with one attached hydrogen (secondary N) is 1. The molecule has 0 spiro atoms. The maximum absolute atomic E-state index is 11.5. The molecule has 2 rings (SSSR count). The monoisotopic (exact) mass is 315 g/mol. The molecule has 0 aliphatic rings. The Labute approximate surface area is 135 Å². The van der Waals surface area contributed by atoms with Crippen LogP contribution >= 0.6 is 11.3 Å². The highest BCUT2D eigenvalue weighted by Gasteiger charge is 2.14. The number of hydrogen-bond acceptors (Lipinski definition) is 3. The molecular formula is C18H21NO2S. The third-order valence-corrected chi connectivity index (χ3v) is 3.83. The van der Waals surface area contributed by atoms with Gasteiger partial charge in [0.2, 0.25) is 0 Å². The topological polar surface area (TPSA) is 38.3 Å². The Morgan fingerprint density at radius 3 is 2.59 bits per heavy atom. The van der Waals surface area contributed by atoms with E-state index in [9.17, 15) is 4.79 Å². The van der Waals surface area contributed by atoms with Crippen molar-refractivity contribution in [3.8, 4) is 10.4 Å². The zero-order valence-electron chi connectivity index (χ0n) is 13.1. The standard InChI is InChI=1S/C18H21NO2S/c1-18(2,3)21-17(20)19-13-7-10-15-11-12-16(22-15)14-8-5-4-6-9-14/h4-12H,13H2,1-3H3,(H,19,20). The van der Waals surface area contributed by atoms with Crippen LogP contribution in [0.1, 0.15) is 25.6 Å². The van der Waals surface area contributed by atoms with Gasteiger partial charge in [-0.05, 0) is 44.5 Å². The first-order chi connectivity index (χ1) is 10.4. The molecule has 3 nitrogen and oxygen atoms in total. The first-order valence-corrected chi connectivity index (χ1v) is 8.04. The van der Waals surface area contributed by atoms with Gasteiger partial charge in [-0.15, -0.1) is 11.3 Å². The highest BCUT2D eigenvalue weighted by molar-refractivity contribution is 7.16. The second-order valence-electron chi connectivity index (χ2n) is 5.85.